The normalized spacial score (nSPS) is 16.6. The minimum absolute atomic E-state index is 0.301. The molecule has 158 valence electrons. The first-order valence-corrected chi connectivity index (χ1v) is 10.7. The first kappa shape index (κ1) is 19.9. The number of nitrogens with zero attached hydrogens (tertiary/aromatic N) is 5. The van der Waals surface area contributed by atoms with Gasteiger partial charge in [0.2, 0.25) is 0 Å². The number of aliphatic imine (C=N–C) groups is 1. The first-order valence-electron chi connectivity index (χ1n) is 10.7. The molecule has 2 aromatic heterocycles. The molecule has 0 fully saturated rings. The van der Waals surface area contributed by atoms with Crippen molar-refractivity contribution >= 4 is 5.71 Å². The van der Waals surface area contributed by atoms with E-state index < -0.39 is 11.6 Å². The Kier molecular flexibility index (Phi) is 5.51. The summed E-state index contributed by atoms with van der Waals surface area (Å²) in [7, 11) is 0. The van der Waals surface area contributed by atoms with Gasteiger partial charge in [0.25, 0.3) is 0 Å². The van der Waals surface area contributed by atoms with Crippen molar-refractivity contribution in [1.29, 1.82) is 0 Å². The molecule has 2 aliphatic rings. The maximum absolute atomic E-state index is 14.0. The fraction of sp³-hybridized carbons (Fsp3) is 0.333. The molecule has 0 unspecified atom stereocenters. The van der Waals surface area contributed by atoms with Crippen LogP contribution in [0.2, 0.25) is 0 Å². The van der Waals surface area contributed by atoms with Gasteiger partial charge in [0.1, 0.15) is 11.6 Å². The Morgan fingerprint density at radius 3 is 2.68 bits per heavy atom. The van der Waals surface area contributed by atoms with Gasteiger partial charge >= 0.3 is 0 Å². The predicted molar refractivity (Wildman–Crippen MR) is 115 cm³/mol. The van der Waals surface area contributed by atoms with Crippen molar-refractivity contribution in [2.45, 2.75) is 38.8 Å². The molecule has 0 atom stereocenters. The van der Waals surface area contributed by atoms with Crippen LogP contribution in [0.15, 0.2) is 47.7 Å². The monoisotopic (exact) mass is 419 g/mol. The van der Waals surface area contributed by atoms with Crippen LogP contribution in [0.25, 0.3) is 11.3 Å². The lowest BCUT2D eigenvalue weighted by atomic mass is 10.0. The molecule has 0 aliphatic carbocycles. The van der Waals surface area contributed by atoms with Crippen molar-refractivity contribution in [3.05, 3.63) is 77.0 Å². The third-order valence-electron chi connectivity index (χ3n) is 5.83. The van der Waals surface area contributed by atoms with Crippen LogP contribution in [0.5, 0.6) is 0 Å². The van der Waals surface area contributed by atoms with Crippen LogP contribution in [0.3, 0.4) is 0 Å². The van der Waals surface area contributed by atoms with E-state index in [1.165, 1.54) is 12.1 Å². The van der Waals surface area contributed by atoms with Gasteiger partial charge in [-0.2, -0.15) is 0 Å². The van der Waals surface area contributed by atoms with E-state index in [0.29, 0.717) is 11.3 Å². The SMILES string of the molecule is Fc1ccc(-c2ccc(CN3CCc4nc(C5=NCCCC5)ncc4C3)cn2)c(F)c1. The number of hydrogen-bond donors (Lipinski definition) is 0. The van der Waals surface area contributed by atoms with Crippen molar-refractivity contribution in [3.8, 4) is 11.3 Å². The Bertz CT molecular complexity index is 1130. The third-order valence-corrected chi connectivity index (χ3v) is 5.83. The van der Waals surface area contributed by atoms with Crippen molar-refractivity contribution < 1.29 is 8.78 Å². The van der Waals surface area contributed by atoms with Gasteiger partial charge in [-0.15, -0.1) is 0 Å². The number of rotatable bonds is 4. The van der Waals surface area contributed by atoms with Gasteiger partial charge in [0, 0.05) is 62.2 Å². The highest BCUT2D eigenvalue weighted by Crippen LogP contribution is 2.23. The minimum atomic E-state index is -0.605. The molecule has 3 aromatic rings. The molecule has 1 aromatic carbocycles. The molecule has 2 aliphatic heterocycles. The second-order valence-corrected chi connectivity index (χ2v) is 8.09. The first-order chi connectivity index (χ1) is 15.2. The zero-order valence-corrected chi connectivity index (χ0v) is 17.2. The van der Waals surface area contributed by atoms with Gasteiger partial charge in [-0.1, -0.05) is 6.07 Å². The predicted octanol–water partition coefficient (Wildman–Crippen LogP) is 4.35. The number of aromatic nitrogens is 3. The lowest BCUT2D eigenvalue weighted by Gasteiger charge is -2.28. The Hall–Kier alpha value is -3.06. The van der Waals surface area contributed by atoms with Crippen molar-refractivity contribution in [2.24, 2.45) is 4.99 Å². The molecule has 5 nitrogen and oxygen atoms in total. The Balaban J connectivity index is 1.26. The summed E-state index contributed by atoms with van der Waals surface area (Å²) < 4.78 is 27.1. The van der Waals surface area contributed by atoms with Crippen molar-refractivity contribution in [1.82, 2.24) is 19.9 Å². The Labute approximate surface area is 179 Å². The van der Waals surface area contributed by atoms with Gasteiger partial charge in [-0.25, -0.2) is 18.7 Å². The highest BCUT2D eigenvalue weighted by molar-refractivity contribution is 5.97. The maximum atomic E-state index is 14.0. The zero-order valence-electron chi connectivity index (χ0n) is 17.2. The van der Waals surface area contributed by atoms with E-state index in [-0.39, 0.29) is 0 Å². The number of hydrogen-bond acceptors (Lipinski definition) is 5. The van der Waals surface area contributed by atoms with E-state index in [1.807, 2.05) is 12.3 Å². The average Bonchev–Trinajstić information content (AvgIpc) is 2.80. The van der Waals surface area contributed by atoms with E-state index in [0.717, 1.165) is 86.3 Å². The van der Waals surface area contributed by atoms with Gasteiger partial charge in [-0.3, -0.25) is 14.9 Å². The highest BCUT2D eigenvalue weighted by Gasteiger charge is 2.20. The molecule has 0 amide bonds. The standard InChI is InChI=1S/C24H23F2N5/c25-18-5-6-19(20(26)11-18)22-7-4-16(12-28-22)14-31-10-8-21-17(15-31)13-29-24(30-21)23-3-1-2-9-27-23/h4-7,11-13H,1-3,8-10,14-15H2. The molecule has 0 saturated heterocycles. The van der Waals surface area contributed by atoms with Crippen LogP contribution in [0.1, 0.15) is 41.9 Å². The molecule has 0 spiro atoms. The van der Waals surface area contributed by atoms with Gasteiger partial charge in [0.15, 0.2) is 5.82 Å². The van der Waals surface area contributed by atoms with Gasteiger partial charge < -0.3 is 0 Å². The largest absolute Gasteiger partial charge is 0.294 e. The van der Waals surface area contributed by atoms with Crippen LogP contribution in [0.4, 0.5) is 8.78 Å². The third kappa shape index (κ3) is 4.37. The second-order valence-electron chi connectivity index (χ2n) is 8.09. The van der Waals surface area contributed by atoms with Crippen molar-refractivity contribution in [2.75, 3.05) is 13.1 Å². The molecule has 4 heterocycles. The van der Waals surface area contributed by atoms with Crippen LogP contribution in [-0.4, -0.2) is 38.7 Å². The summed E-state index contributed by atoms with van der Waals surface area (Å²) in [5.74, 6) is -0.405. The number of pyridine rings is 1. The maximum Gasteiger partial charge on any atom is 0.173 e. The van der Waals surface area contributed by atoms with Crippen molar-refractivity contribution in [3.63, 3.8) is 0 Å². The Morgan fingerprint density at radius 2 is 1.90 bits per heavy atom. The van der Waals surface area contributed by atoms with Gasteiger partial charge in [-0.05, 0) is 43.0 Å². The van der Waals surface area contributed by atoms with E-state index >= 15 is 0 Å². The average molecular weight is 419 g/mol. The zero-order chi connectivity index (χ0) is 21.2. The lowest BCUT2D eigenvalue weighted by molar-refractivity contribution is 0.242. The number of fused-ring (bicyclic) bond motifs is 1. The molecule has 0 N–H and O–H groups in total. The summed E-state index contributed by atoms with van der Waals surface area (Å²) >= 11 is 0. The molecule has 0 radical (unpaired) electrons. The minimum Gasteiger partial charge on any atom is -0.294 e. The quantitative estimate of drug-likeness (QED) is 0.631. The van der Waals surface area contributed by atoms with E-state index in [4.69, 9.17) is 4.98 Å². The molecule has 5 rings (SSSR count). The van der Waals surface area contributed by atoms with E-state index in [9.17, 15) is 8.78 Å². The summed E-state index contributed by atoms with van der Waals surface area (Å²) in [4.78, 5) is 20.7. The summed E-state index contributed by atoms with van der Waals surface area (Å²) in [5, 5.41) is 0. The molecule has 7 heteroatoms. The Morgan fingerprint density at radius 1 is 0.968 bits per heavy atom. The fourth-order valence-electron chi connectivity index (χ4n) is 4.16. The summed E-state index contributed by atoms with van der Waals surface area (Å²) in [5.41, 5.74) is 5.16. The number of halogens is 2. The highest BCUT2D eigenvalue weighted by atomic mass is 19.1. The lowest BCUT2D eigenvalue weighted by Crippen LogP contribution is -2.31. The van der Waals surface area contributed by atoms with Crippen LogP contribution < -0.4 is 0 Å². The van der Waals surface area contributed by atoms with Crippen LogP contribution in [-0.2, 0) is 19.5 Å². The molecule has 31 heavy (non-hydrogen) atoms. The van der Waals surface area contributed by atoms with Gasteiger partial charge in [0.05, 0.1) is 17.1 Å². The summed E-state index contributed by atoms with van der Waals surface area (Å²) in [6.45, 7) is 3.32. The van der Waals surface area contributed by atoms with E-state index in [1.54, 1.807) is 12.3 Å². The number of benzene rings is 1. The molecular weight excluding hydrogens is 396 g/mol. The summed E-state index contributed by atoms with van der Waals surface area (Å²) in [6, 6.07) is 7.27. The molecule has 0 saturated carbocycles. The topological polar surface area (TPSA) is 54.3 Å². The summed E-state index contributed by atoms with van der Waals surface area (Å²) in [6.07, 6.45) is 7.86. The second kappa shape index (κ2) is 8.59. The fourth-order valence-corrected chi connectivity index (χ4v) is 4.16. The smallest absolute Gasteiger partial charge is 0.173 e. The van der Waals surface area contributed by atoms with E-state index in [2.05, 4.69) is 19.9 Å². The van der Waals surface area contributed by atoms with Crippen LogP contribution in [0, 0.1) is 11.6 Å². The molecule has 0 bridgehead atoms. The van der Waals surface area contributed by atoms with Crippen LogP contribution >= 0.6 is 0 Å². The molecular formula is C24H23F2N5.